The van der Waals surface area contributed by atoms with Crippen molar-refractivity contribution < 1.29 is 4.74 Å². The summed E-state index contributed by atoms with van der Waals surface area (Å²) < 4.78 is 5.82. The van der Waals surface area contributed by atoms with Gasteiger partial charge in [0, 0.05) is 11.6 Å². The van der Waals surface area contributed by atoms with Crippen molar-refractivity contribution in [3.8, 4) is 5.75 Å². The summed E-state index contributed by atoms with van der Waals surface area (Å²) in [7, 11) is 2.10. The van der Waals surface area contributed by atoms with Gasteiger partial charge in [0.25, 0.3) is 0 Å². The average molecular weight is 259 g/mol. The third-order valence-electron chi connectivity index (χ3n) is 5.09. The molecular formula is C17H25NO. The zero-order valence-electron chi connectivity index (χ0n) is 12.1. The number of nitrogens with one attached hydrogen (secondary N) is 1. The summed E-state index contributed by atoms with van der Waals surface area (Å²) in [6.45, 7) is 2.80. The lowest BCUT2D eigenvalue weighted by atomic mass is 9.80. The second kappa shape index (κ2) is 5.54. The van der Waals surface area contributed by atoms with Crippen LogP contribution >= 0.6 is 0 Å². The number of ether oxygens (including phenoxy) is 1. The fourth-order valence-corrected chi connectivity index (χ4v) is 4.33. The molecule has 104 valence electrons. The lowest BCUT2D eigenvalue weighted by molar-refractivity contribution is 0.251. The SMILES string of the molecule is CCOc1ccccc1C(NC)C1CC2CCC1C2. The Hall–Kier alpha value is -1.02. The highest BCUT2D eigenvalue weighted by Gasteiger charge is 2.43. The molecule has 0 saturated heterocycles. The summed E-state index contributed by atoms with van der Waals surface area (Å²) >= 11 is 0. The van der Waals surface area contributed by atoms with Gasteiger partial charge in [-0.2, -0.15) is 0 Å². The predicted molar refractivity (Wildman–Crippen MR) is 78.3 cm³/mol. The van der Waals surface area contributed by atoms with E-state index in [1.54, 1.807) is 0 Å². The van der Waals surface area contributed by atoms with Gasteiger partial charge < -0.3 is 10.1 Å². The molecule has 0 radical (unpaired) electrons. The van der Waals surface area contributed by atoms with Crippen LogP contribution in [0.25, 0.3) is 0 Å². The number of rotatable bonds is 5. The van der Waals surface area contributed by atoms with Crippen LogP contribution < -0.4 is 10.1 Å². The highest BCUT2D eigenvalue weighted by atomic mass is 16.5. The van der Waals surface area contributed by atoms with Gasteiger partial charge in [0.15, 0.2) is 0 Å². The van der Waals surface area contributed by atoms with E-state index in [1.165, 1.54) is 31.2 Å². The molecule has 3 rings (SSSR count). The standard InChI is InChI=1S/C17H25NO/c1-3-19-16-7-5-4-6-14(16)17(18-2)15-11-12-8-9-13(15)10-12/h4-7,12-13,15,17-18H,3,8-11H2,1-2H3. The Kier molecular flexibility index (Phi) is 3.79. The normalized spacial score (nSPS) is 30.5. The van der Waals surface area contributed by atoms with Gasteiger partial charge >= 0.3 is 0 Å². The third kappa shape index (κ3) is 2.38. The zero-order chi connectivity index (χ0) is 13.2. The van der Waals surface area contributed by atoms with Gasteiger partial charge in [0.1, 0.15) is 5.75 Å². The third-order valence-corrected chi connectivity index (χ3v) is 5.09. The van der Waals surface area contributed by atoms with Crippen LogP contribution in [-0.2, 0) is 0 Å². The fraction of sp³-hybridized carbons (Fsp3) is 0.647. The number of para-hydroxylation sites is 1. The molecule has 2 fully saturated rings. The van der Waals surface area contributed by atoms with Crippen LogP contribution in [0.1, 0.15) is 44.2 Å². The minimum absolute atomic E-state index is 0.457. The van der Waals surface area contributed by atoms with Crippen molar-refractivity contribution in [1.29, 1.82) is 0 Å². The van der Waals surface area contributed by atoms with Gasteiger partial charge in [-0.05, 0) is 57.1 Å². The van der Waals surface area contributed by atoms with Crippen LogP contribution in [0.5, 0.6) is 5.75 Å². The van der Waals surface area contributed by atoms with E-state index >= 15 is 0 Å². The van der Waals surface area contributed by atoms with Gasteiger partial charge in [-0.15, -0.1) is 0 Å². The minimum Gasteiger partial charge on any atom is -0.494 e. The first-order valence-electron chi connectivity index (χ1n) is 7.72. The van der Waals surface area contributed by atoms with Gasteiger partial charge in [-0.3, -0.25) is 0 Å². The molecule has 4 unspecified atom stereocenters. The molecular weight excluding hydrogens is 234 g/mol. The summed E-state index contributed by atoms with van der Waals surface area (Å²) in [5, 5.41) is 3.56. The molecule has 2 aliphatic carbocycles. The van der Waals surface area contributed by atoms with E-state index in [1.807, 2.05) is 0 Å². The molecule has 2 aliphatic rings. The first-order chi connectivity index (χ1) is 9.33. The van der Waals surface area contributed by atoms with Crippen molar-refractivity contribution in [2.45, 2.75) is 38.6 Å². The van der Waals surface area contributed by atoms with Crippen molar-refractivity contribution in [2.75, 3.05) is 13.7 Å². The Morgan fingerprint density at radius 2 is 2.11 bits per heavy atom. The van der Waals surface area contributed by atoms with Gasteiger partial charge in [-0.1, -0.05) is 24.6 Å². The maximum absolute atomic E-state index is 5.82. The van der Waals surface area contributed by atoms with Crippen LogP contribution in [0.4, 0.5) is 0 Å². The Balaban J connectivity index is 1.86. The molecule has 0 aliphatic heterocycles. The summed E-state index contributed by atoms with van der Waals surface area (Å²) in [6.07, 6.45) is 5.76. The van der Waals surface area contributed by atoms with E-state index in [0.717, 1.165) is 30.1 Å². The lowest BCUT2D eigenvalue weighted by Crippen LogP contribution is -2.29. The Bertz CT molecular complexity index is 431. The molecule has 0 aromatic heterocycles. The van der Waals surface area contributed by atoms with Crippen molar-refractivity contribution in [2.24, 2.45) is 17.8 Å². The largest absolute Gasteiger partial charge is 0.494 e. The summed E-state index contributed by atoms with van der Waals surface area (Å²) in [5.41, 5.74) is 1.35. The zero-order valence-corrected chi connectivity index (χ0v) is 12.1. The molecule has 0 amide bonds. The molecule has 4 atom stereocenters. The molecule has 0 heterocycles. The minimum atomic E-state index is 0.457. The molecule has 2 nitrogen and oxygen atoms in total. The Labute approximate surface area is 116 Å². The quantitative estimate of drug-likeness (QED) is 0.869. The first kappa shape index (κ1) is 13.0. The lowest BCUT2D eigenvalue weighted by Gasteiger charge is -2.31. The molecule has 2 bridgehead atoms. The van der Waals surface area contributed by atoms with E-state index in [4.69, 9.17) is 4.74 Å². The second-order valence-corrected chi connectivity index (χ2v) is 6.08. The molecule has 1 N–H and O–H groups in total. The van der Waals surface area contributed by atoms with Crippen LogP contribution in [-0.4, -0.2) is 13.7 Å². The maximum atomic E-state index is 5.82. The van der Waals surface area contributed by atoms with E-state index in [-0.39, 0.29) is 0 Å². The van der Waals surface area contributed by atoms with Gasteiger partial charge in [0.2, 0.25) is 0 Å². The van der Waals surface area contributed by atoms with Crippen molar-refractivity contribution in [1.82, 2.24) is 5.32 Å². The van der Waals surface area contributed by atoms with Crippen molar-refractivity contribution >= 4 is 0 Å². The average Bonchev–Trinajstić information content (AvgIpc) is 3.04. The number of fused-ring (bicyclic) bond motifs is 2. The summed E-state index contributed by atoms with van der Waals surface area (Å²) in [4.78, 5) is 0. The monoisotopic (exact) mass is 259 g/mol. The fourth-order valence-electron chi connectivity index (χ4n) is 4.33. The molecule has 2 saturated carbocycles. The second-order valence-electron chi connectivity index (χ2n) is 6.08. The Morgan fingerprint density at radius 1 is 1.26 bits per heavy atom. The molecule has 1 aromatic rings. The number of hydrogen-bond acceptors (Lipinski definition) is 2. The van der Waals surface area contributed by atoms with Crippen LogP contribution in [0.15, 0.2) is 24.3 Å². The first-order valence-corrected chi connectivity index (χ1v) is 7.72. The van der Waals surface area contributed by atoms with Crippen molar-refractivity contribution in [3.63, 3.8) is 0 Å². The van der Waals surface area contributed by atoms with Gasteiger partial charge in [0.05, 0.1) is 6.61 Å². The van der Waals surface area contributed by atoms with E-state index in [0.29, 0.717) is 6.04 Å². The van der Waals surface area contributed by atoms with Crippen molar-refractivity contribution in [3.05, 3.63) is 29.8 Å². The topological polar surface area (TPSA) is 21.3 Å². The smallest absolute Gasteiger partial charge is 0.124 e. The maximum Gasteiger partial charge on any atom is 0.124 e. The number of hydrogen-bond donors (Lipinski definition) is 1. The van der Waals surface area contributed by atoms with E-state index in [2.05, 4.69) is 43.6 Å². The molecule has 19 heavy (non-hydrogen) atoms. The highest BCUT2D eigenvalue weighted by Crippen LogP contribution is 2.53. The highest BCUT2D eigenvalue weighted by molar-refractivity contribution is 5.36. The van der Waals surface area contributed by atoms with E-state index < -0.39 is 0 Å². The van der Waals surface area contributed by atoms with Crippen LogP contribution in [0.3, 0.4) is 0 Å². The van der Waals surface area contributed by atoms with Crippen LogP contribution in [0.2, 0.25) is 0 Å². The Morgan fingerprint density at radius 3 is 2.74 bits per heavy atom. The van der Waals surface area contributed by atoms with Gasteiger partial charge in [-0.25, -0.2) is 0 Å². The molecule has 0 spiro atoms. The van der Waals surface area contributed by atoms with E-state index in [9.17, 15) is 0 Å². The van der Waals surface area contributed by atoms with Crippen LogP contribution in [0, 0.1) is 17.8 Å². The summed E-state index contributed by atoms with van der Waals surface area (Å²) in [5.74, 6) is 3.78. The summed E-state index contributed by atoms with van der Waals surface area (Å²) in [6, 6.07) is 9.00. The number of benzene rings is 1. The molecule has 1 aromatic carbocycles. The molecule has 2 heteroatoms. The predicted octanol–water partition coefficient (Wildman–Crippen LogP) is 3.78.